The molecular formula is C66H77F2N11O8S. The number of unbranched alkanes of at least 4 members (excludes halogenated alkanes) is 2. The van der Waals surface area contributed by atoms with Crippen LogP contribution >= 0.6 is 11.3 Å². The van der Waals surface area contributed by atoms with E-state index >= 15 is 8.78 Å². The maximum absolute atomic E-state index is 17.3. The number of amides is 4. The number of aromatic nitrogens is 4. The van der Waals surface area contributed by atoms with Gasteiger partial charge in [-0.05, 0) is 98.9 Å². The molecule has 5 aliphatic heterocycles. The van der Waals surface area contributed by atoms with Crippen LogP contribution in [0.1, 0.15) is 115 Å². The third kappa shape index (κ3) is 12.7. The van der Waals surface area contributed by atoms with Gasteiger partial charge >= 0.3 is 12.1 Å². The second-order valence-electron chi connectivity index (χ2n) is 25.7. The second-order valence-corrected chi connectivity index (χ2v) is 26.5. The molecule has 3 aromatic heterocycles. The molecule has 2 bridgehead atoms. The predicted octanol–water partition coefficient (Wildman–Crippen LogP) is 8.72. The average molecular weight is 1220 g/mol. The van der Waals surface area contributed by atoms with E-state index in [4.69, 9.17) is 25.9 Å². The van der Waals surface area contributed by atoms with Gasteiger partial charge in [0.2, 0.25) is 17.7 Å². The van der Waals surface area contributed by atoms with E-state index in [9.17, 15) is 29.4 Å². The van der Waals surface area contributed by atoms with E-state index in [-0.39, 0.29) is 108 Å². The number of ether oxygens (including phenoxy) is 2. The number of phenolic OH excluding ortho intramolecular Hbond substituents is 1. The van der Waals surface area contributed by atoms with Crippen molar-refractivity contribution in [3.05, 3.63) is 101 Å². The number of carbonyl (C=O) groups excluding carboxylic acids is 4. The van der Waals surface area contributed by atoms with Crippen molar-refractivity contribution in [1.29, 1.82) is 0 Å². The molecule has 5 fully saturated rings. The van der Waals surface area contributed by atoms with Gasteiger partial charge in [0, 0.05) is 87.9 Å². The van der Waals surface area contributed by atoms with E-state index in [1.54, 1.807) is 18.4 Å². The highest BCUT2D eigenvalue weighted by molar-refractivity contribution is 7.13. The Bertz CT molecular complexity index is 3710. The molecule has 464 valence electrons. The van der Waals surface area contributed by atoms with Gasteiger partial charge in [-0.2, -0.15) is 9.97 Å². The lowest BCUT2D eigenvalue weighted by Crippen LogP contribution is -2.57. The molecule has 8 atom stereocenters. The highest BCUT2D eigenvalue weighted by atomic mass is 32.1. The van der Waals surface area contributed by atoms with E-state index in [2.05, 4.69) is 48.2 Å². The van der Waals surface area contributed by atoms with E-state index in [0.717, 1.165) is 40.1 Å². The maximum atomic E-state index is 17.3. The van der Waals surface area contributed by atoms with Gasteiger partial charge in [0.15, 0.2) is 5.82 Å². The quantitative estimate of drug-likeness (QED) is 0.0290. The number of nitrogens with one attached hydrogen (secondary N) is 3. The molecule has 8 heterocycles. The third-order valence-electron chi connectivity index (χ3n) is 18.2. The highest BCUT2D eigenvalue weighted by Gasteiger charge is 2.52. The Morgan fingerprint density at radius 2 is 1.77 bits per heavy atom. The van der Waals surface area contributed by atoms with Crippen LogP contribution in [0.4, 0.5) is 19.4 Å². The topological polar surface area (TPSA) is 228 Å². The molecule has 19 nitrogen and oxygen atoms in total. The number of nitrogens with zero attached hydrogens (tertiary/aromatic N) is 8. The highest BCUT2D eigenvalue weighted by Crippen LogP contribution is 2.45. The zero-order chi connectivity index (χ0) is 62.3. The Labute approximate surface area is 515 Å². The molecule has 11 rings (SSSR count). The summed E-state index contributed by atoms with van der Waals surface area (Å²) < 4.78 is 45.0. The van der Waals surface area contributed by atoms with E-state index in [1.165, 1.54) is 40.3 Å². The Morgan fingerprint density at radius 1 is 1.01 bits per heavy atom. The number of fused-ring (bicyclic) bond motifs is 5. The number of anilines is 1. The molecule has 3 aromatic carbocycles. The Balaban J connectivity index is 0.675. The van der Waals surface area contributed by atoms with E-state index < -0.39 is 52.8 Å². The summed E-state index contributed by atoms with van der Waals surface area (Å²) in [4.78, 5) is 82.0. The number of aryl methyl sites for hydroxylation is 1. The van der Waals surface area contributed by atoms with Crippen molar-refractivity contribution in [1.82, 2.24) is 50.6 Å². The lowest BCUT2D eigenvalue weighted by molar-refractivity contribution is -0.144. The van der Waals surface area contributed by atoms with Crippen molar-refractivity contribution in [2.45, 2.75) is 147 Å². The van der Waals surface area contributed by atoms with Crippen LogP contribution in [0.3, 0.4) is 0 Å². The van der Waals surface area contributed by atoms with Crippen molar-refractivity contribution in [3.63, 3.8) is 0 Å². The second kappa shape index (κ2) is 25.3. The van der Waals surface area contributed by atoms with Crippen LogP contribution in [0.15, 0.2) is 72.4 Å². The minimum absolute atomic E-state index is 0.0314. The van der Waals surface area contributed by atoms with Crippen LogP contribution in [0.25, 0.3) is 43.4 Å². The zero-order valence-corrected chi connectivity index (χ0v) is 51.5. The first-order valence-corrected chi connectivity index (χ1v) is 31.3. The summed E-state index contributed by atoms with van der Waals surface area (Å²) in [6.07, 6.45) is 11.9. The Morgan fingerprint density at radius 3 is 2.49 bits per heavy atom. The van der Waals surface area contributed by atoms with E-state index in [0.29, 0.717) is 81.3 Å². The van der Waals surface area contributed by atoms with Gasteiger partial charge in [-0.25, -0.2) is 18.6 Å². The number of thiazole rings is 1. The van der Waals surface area contributed by atoms with E-state index in [1.807, 2.05) is 64.4 Å². The first-order chi connectivity index (χ1) is 42.1. The number of benzene rings is 3. The van der Waals surface area contributed by atoms with Gasteiger partial charge in [-0.15, -0.1) is 17.8 Å². The molecule has 22 heteroatoms. The van der Waals surface area contributed by atoms with Crippen molar-refractivity contribution >= 4 is 62.6 Å². The van der Waals surface area contributed by atoms with Crippen molar-refractivity contribution in [2.75, 3.05) is 57.9 Å². The van der Waals surface area contributed by atoms with Gasteiger partial charge in [-0.1, -0.05) is 75.6 Å². The predicted molar refractivity (Wildman–Crippen MR) is 332 cm³/mol. The van der Waals surface area contributed by atoms with Crippen LogP contribution in [0.5, 0.6) is 11.8 Å². The molecule has 5 N–H and O–H groups in total. The number of carbonyl (C=O) groups is 4. The fourth-order valence-corrected chi connectivity index (χ4v) is 14.4. The summed E-state index contributed by atoms with van der Waals surface area (Å²) in [6.45, 7) is 16.2. The number of aliphatic hydroxyl groups is 1. The minimum Gasteiger partial charge on any atom is -0.508 e. The normalized spacial score (nSPS) is 22.4. The molecule has 88 heavy (non-hydrogen) atoms. The maximum Gasteiger partial charge on any atom is 0.409 e. The summed E-state index contributed by atoms with van der Waals surface area (Å²) in [6, 6.07) is 11.4. The number of β-amino-alcohol motifs (C(OH)–C–C–N with tert-alkyl or cyclic N) is 1. The lowest BCUT2D eigenvalue weighted by Gasteiger charge is -2.35. The molecule has 6 aromatic rings. The number of rotatable bonds is 19. The summed E-state index contributed by atoms with van der Waals surface area (Å²) >= 11 is 1.57. The average Bonchev–Trinajstić information content (AvgIpc) is 1.24. The number of piperazine rings is 1. The summed E-state index contributed by atoms with van der Waals surface area (Å²) in [5.74, 6) is 0.0968. The molecule has 0 radical (unpaired) electrons. The van der Waals surface area contributed by atoms with Crippen molar-refractivity contribution in [3.8, 4) is 45.8 Å². The molecule has 5 aliphatic rings. The third-order valence-corrected chi connectivity index (χ3v) is 19.2. The number of likely N-dealkylation sites (tertiary alicyclic amines) is 1. The number of phenols is 1. The molecule has 5 saturated heterocycles. The smallest absolute Gasteiger partial charge is 0.409 e. The fourth-order valence-electron chi connectivity index (χ4n) is 13.6. The number of aliphatic hydroxyl groups excluding tert-OH is 1. The van der Waals surface area contributed by atoms with Crippen LogP contribution in [0, 0.1) is 36.3 Å². The molecule has 0 saturated carbocycles. The zero-order valence-electron chi connectivity index (χ0n) is 50.7. The molecule has 3 unspecified atom stereocenters. The SMILES string of the molecule is C#Cc1c(F)ccc2cc(O)cc(-c3ncc4c(N5CC6CCC(C5)N6)nc(OCC56CC[C@@H](COC(=O)N(C)CCCCCC(=O)N[C@H](C(=O)N7C[C@H](O)C[C@H]7C(=O)N[C@@H](C)c7ccc(-c8scnc8C)cc7)C(C)(C)C)N5CC(=C)C6)nc4c3F)c12. The summed E-state index contributed by atoms with van der Waals surface area (Å²) in [5, 5.41) is 32.2. The molecule has 0 aliphatic carbocycles. The van der Waals surface area contributed by atoms with Crippen LogP contribution in [-0.2, 0) is 19.1 Å². The molecule has 4 amide bonds. The van der Waals surface area contributed by atoms with Crippen LogP contribution in [0.2, 0.25) is 0 Å². The Hall–Kier alpha value is -7.84. The number of terminal acetylenes is 1. The Kier molecular flexibility index (Phi) is 17.8. The lowest BCUT2D eigenvalue weighted by atomic mass is 9.85. The van der Waals surface area contributed by atoms with Gasteiger partial charge in [-0.3, -0.25) is 24.3 Å². The monoisotopic (exact) mass is 1220 g/mol. The number of pyridine rings is 1. The minimum atomic E-state index is -0.958. The van der Waals surface area contributed by atoms with Crippen LogP contribution in [-0.4, -0.2) is 164 Å². The number of halogens is 2. The molecule has 0 spiro atoms. The van der Waals surface area contributed by atoms with Crippen molar-refractivity contribution < 1.29 is 47.6 Å². The van der Waals surface area contributed by atoms with Gasteiger partial charge in [0.1, 0.15) is 53.9 Å². The van der Waals surface area contributed by atoms with Gasteiger partial charge in [0.05, 0.1) is 44.7 Å². The summed E-state index contributed by atoms with van der Waals surface area (Å²) in [5.41, 5.74) is 4.25. The number of aromatic hydroxyl groups is 1. The number of hydrogen-bond acceptors (Lipinski definition) is 16. The largest absolute Gasteiger partial charge is 0.508 e. The summed E-state index contributed by atoms with van der Waals surface area (Å²) in [7, 11) is 1.68. The first kappa shape index (κ1) is 61.8. The van der Waals surface area contributed by atoms with Gasteiger partial charge < -0.3 is 50.3 Å². The standard InChI is InChI=1S/C66H77F2N11O8S/c1-9-48-51(67)21-18-42-25-46(80)26-49(54(42)48)56-55(68)57-50(29-69-56)60(77-31-43-19-20-44(32-77)72-43)75-63(74-57)87-35-66-23-22-45(79(66)30-37(2)28-66)34-86-64(85)76(8)24-12-10-11-13-53(82)73-59(65(5,6)7)62(84)78-33-47(81)27-52(78)61(83)71-38(3)40-14-16-41(17-15-40)58-39(4)70-36-88-58/h1,14-18,21,25-26,29,36,38,43-45,47,52,59,72,80-81H,2,10-13,19-20,22-24,27-28,30-35H2,3-8H3,(H,71,83)(H,73,82)/t38-,43?,44?,45-,47+,52-,59+,66?/m0/s1. The molecular weight excluding hydrogens is 1140 g/mol. The number of hydrogen-bond donors (Lipinski definition) is 5. The van der Waals surface area contributed by atoms with Crippen molar-refractivity contribution in [2.24, 2.45) is 5.41 Å². The fraction of sp³-hybridized carbons (Fsp3) is 0.485. The first-order valence-electron chi connectivity index (χ1n) is 30.4. The van der Waals surface area contributed by atoms with Gasteiger partial charge in [0.25, 0.3) is 0 Å². The van der Waals surface area contributed by atoms with Crippen LogP contribution < -0.4 is 25.6 Å².